The number of nitrogens with zero attached hydrogens (tertiary/aromatic N) is 3. The van der Waals surface area contributed by atoms with Crippen molar-refractivity contribution in [2.75, 3.05) is 0 Å². The maximum atomic E-state index is 6.79. The van der Waals surface area contributed by atoms with Gasteiger partial charge in [-0.25, -0.2) is 0 Å². The highest BCUT2D eigenvalue weighted by atomic mass is 16.3. The summed E-state index contributed by atoms with van der Waals surface area (Å²) in [5.41, 5.74) is 16.8. The minimum atomic E-state index is 0.886. The number of rotatable bonds is 5. The largest absolute Gasteiger partial charge is 0.455 e. The second kappa shape index (κ2) is 13.4. The van der Waals surface area contributed by atoms with Crippen molar-refractivity contribution < 1.29 is 4.42 Å². The fraction of sp³-hybridized carbons (Fsp3) is 0. The van der Waals surface area contributed by atoms with Crippen LogP contribution in [0.5, 0.6) is 0 Å². The molecule has 4 heterocycles. The van der Waals surface area contributed by atoms with Crippen LogP contribution < -0.4 is 0 Å². The zero-order valence-electron chi connectivity index (χ0n) is 34.6. The highest BCUT2D eigenvalue weighted by molar-refractivity contribution is 6.16. The van der Waals surface area contributed by atoms with Gasteiger partial charge >= 0.3 is 0 Å². The summed E-state index contributed by atoms with van der Waals surface area (Å²) >= 11 is 0. The van der Waals surface area contributed by atoms with E-state index in [1.54, 1.807) is 0 Å². The number of hydrogen-bond acceptors (Lipinski definition) is 1. The minimum Gasteiger partial charge on any atom is -0.455 e. The predicted octanol–water partition coefficient (Wildman–Crippen LogP) is 16.2. The Morgan fingerprint density at radius 3 is 1.38 bits per heavy atom. The summed E-state index contributed by atoms with van der Waals surface area (Å²) in [5.74, 6) is 0. The molecule has 0 unspecified atom stereocenters. The molecule has 0 aliphatic rings. The van der Waals surface area contributed by atoms with E-state index in [1.807, 2.05) is 0 Å². The summed E-state index contributed by atoms with van der Waals surface area (Å²) in [7, 11) is 0. The van der Waals surface area contributed by atoms with E-state index >= 15 is 0 Å². The molecule has 0 bridgehead atoms. The van der Waals surface area contributed by atoms with Crippen molar-refractivity contribution in [2.45, 2.75) is 0 Å². The topological polar surface area (TPSA) is 27.9 Å². The normalized spacial score (nSPS) is 12.1. The van der Waals surface area contributed by atoms with Crippen LogP contribution in [0.1, 0.15) is 0 Å². The third-order valence-electron chi connectivity index (χ3n) is 13.4. The molecule has 10 aromatic carbocycles. The number of benzene rings is 10. The number of hydrogen-bond donors (Lipinski definition) is 0. The van der Waals surface area contributed by atoms with Gasteiger partial charge in [-0.05, 0) is 108 Å². The van der Waals surface area contributed by atoms with Crippen molar-refractivity contribution in [1.29, 1.82) is 0 Å². The van der Waals surface area contributed by atoms with E-state index in [4.69, 9.17) is 4.42 Å². The Hall–Kier alpha value is -8.60. The average molecular weight is 816 g/mol. The number of aromatic nitrogens is 3. The van der Waals surface area contributed by atoms with Crippen LogP contribution in [0, 0.1) is 0 Å². The van der Waals surface area contributed by atoms with Crippen molar-refractivity contribution in [3.63, 3.8) is 0 Å². The van der Waals surface area contributed by atoms with Crippen LogP contribution in [0.25, 0.3) is 127 Å². The highest BCUT2D eigenvalue weighted by Crippen LogP contribution is 2.44. The third-order valence-corrected chi connectivity index (χ3v) is 13.4. The first-order valence-electron chi connectivity index (χ1n) is 21.9. The molecule has 0 radical (unpaired) electrons. The van der Waals surface area contributed by atoms with Crippen molar-refractivity contribution in [3.05, 3.63) is 224 Å². The first-order valence-corrected chi connectivity index (χ1v) is 21.9. The molecule has 14 rings (SSSR count). The summed E-state index contributed by atoms with van der Waals surface area (Å²) in [6.45, 7) is 0. The Bertz CT molecular complexity index is 4180. The van der Waals surface area contributed by atoms with Crippen LogP contribution in [0.3, 0.4) is 0 Å². The first kappa shape index (κ1) is 35.0. The van der Waals surface area contributed by atoms with Crippen molar-refractivity contribution in [3.8, 4) is 39.3 Å². The van der Waals surface area contributed by atoms with Gasteiger partial charge in [0.05, 0.1) is 33.1 Å². The molecule has 14 aromatic rings. The van der Waals surface area contributed by atoms with Gasteiger partial charge in [-0.3, -0.25) is 0 Å². The van der Waals surface area contributed by atoms with Gasteiger partial charge in [0.1, 0.15) is 11.2 Å². The molecule has 4 nitrogen and oxygen atoms in total. The van der Waals surface area contributed by atoms with Crippen LogP contribution in [-0.4, -0.2) is 13.7 Å². The molecule has 0 atom stereocenters. The molecule has 64 heavy (non-hydrogen) atoms. The SMILES string of the molecule is c1ccc(-n2c3ccccc3c3ccc(-c4cc(-c5ccc6c(c5)c5ccccc5n6-c5ccc6c7ccccc7n(-c7ccccc7)c6c5)c5oc6ccccc6c5c4)cc32)cc1. The monoisotopic (exact) mass is 815 g/mol. The highest BCUT2D eigenvalue weighted by Gasteiger charge is 2.21. The summed E-state index contributed by atoms with van der Waals surface area (Å²) in [4.78, 5) is 0. The Morgan fingerprint density at radius 2 is 0.719 bits per heavy atom. The molecule has 4 heteroatoms. The van der Waals surface area contributed by atoms with Crippen LogP contribution >= 0.6 is 0 Å². The van der Waals surface area contributed by atoms with Crippen LogP contribution in [-0.2, 0) is 0 Å². The molecule has 0 saturated carbocycles. The molecule has 0 N–H and O–H groups in total. The lowest BCUT2D eigenvalue weighted by atomic mass is 9.94. The lowest BCUT2D eigenvalue weighted by Gasteiger charge is -2.12. The molecule has 4 aromatic heterocycles. The van der Waals surface area contributed by atoms with Crippen molar-refractivity contribution >= 4 is 87.4 Å². The second-order valence-corrected chi connectivity index (χ2v) is 16.9. The molecule has 0 spiro atoms. The fourth-order valence-corrected chi connectivity index (χ4v) is 10.6. The average Bonchev–Trinajstić information content (AvgIpc) is 4.10. The van der Waals surface area contributed by atoms with E-state index in [1.165, 1.54) is 59.9 Å². The second-order valence-electron chi connectivity index (χ2n) is 16.9. The molecule has 298 valence electrons. The first-order chi connectivity index (χ1) is 31.7. The van der Waals surface area contributed by atoms with Crippen molar-refractivity contribution in [1.82, 2.24) is 13.7 Å². The maximum absolute atomic E-state index is 6.79. The molecule has 0 amide bonds. The van der Waals surface area contributed by atoms with E-state index < -0.39 is 0 Å². The molecule has 0 aliphatic heterocycles. The van der Waals surface area contributed by atoms with Gasteiger partial charge in [0, 0.05) is 65.7 Å². The van der Waals surface area contributed by atoms with E-state index in [-0.39, 0.29) is 0 Å². The number of para-hydroxylation sites is 6. The standard InChI is InChI=1S/C60H37N3O/c1-3-15-41(16-4-1)61-53-23-11-7-19-44(53)47-30-27-38(36-57(47)61)40-34-50(60-52(35-40)49-22-10-14-26-59(49)64-60)39-28-32-56-51(33-39)46-21-9-13-25-55(46)63(56)43-29-31-48-45-20-8-12-24-54(45)62(58(48)37-43)42-17-5-2-6-18-42/h1-37H. The zero-order valence-corrected chi connectivity index (χ0v) is 34.6. The quantitative estimate of drug-likeness (QED) is 0.170. The molecular formula is C60H37N3O. The zero-order chi connectivity index (χ0) is 41.9. The van der Waals surface area contributed by atoms with E-state index in [9.17, 15) is 0 Å². The maximum Gasteiger partial charge on any atom is 0.143 e. The number of furan rings is 1. The molecule has 0 fully saturated rings. The van der Waals surface area contributed by atoms with Gasteiger partial charge in [0.15, 0.2) is 0 Å². The van der Waals surface area contributed by atoms with Gasteiger partial charge in [0.2, 0.25) is 0 Å². The van der Waals surface area contributed by atoms with Crippen molar-refractivity contribution in [2.24, 2.45) is 0 Å². The molecular weight excluding hydrogens is 779 g/mol. The lowest BCUT2D eigenvalue weighted by molar-refractivity contribution is 0.670. The van der Waals surface area contributed by atoms with E-state index in [0.717, 1.165) is 66.8 Å². The van der Waals surface area contributed by atoms with Gasteiger partial charge in [-0.2, -0.15) is 0 Å². The van der Waals surface area contributed by atoms with E-state index in [2.05, 4.69) is 238 Å². The predicted molar refractivity (Wildman–Crippen MR) is 268 cm³/mol. The summed E-state index contributed by atoms with van der Waals surface area (Å²) in [5, 5.41) is 9.59. The van der Waals surface area contributed by atoms with Gasteiger partial charge in [-0.1, -0.05) is 133 Å². The summed E-state index contributed by atoms with van der Waals surface area (Å²) in [6.07, 6.45) is 0. The van der Waals surface area contributed by atoms with Gasteiger partial charge in [-0.15, -0.1) is 0 Å². The van der Waals surface area contributed by atoms with E-state index in [0.29, 0.717) is 0 Å². The summed E-state index contributed by atoms with van der Waals surface area (Å²) in [6, 6.07) is 81.5. The fourth-order valence-electron chi connectivity index (χ4n) is 10.6. The molecule has 0 aliphatic carbocycles. The molecule has 0 saturated heterocycles. The van der Waals surface area contributed by atoms with Crippen LogP contribution in [0.15, 0.2) is 229 Å². The van der Waals surface area contributed by atoms with Gasteiger partial charge in [0.25, 0.3) is 0 Å². The van der Waals surface area contributed by atoms with Crippen LogP contribution in [0.4, 0.5) is 0 Å². The Balaban J connectivity index is 0.987. The smallest absolute Gasteiger partial charge is 0.143 e. The Labute approximate surface area is 367 Å². The number of fused-ring (bicyclic) bond motifs is 12. The summed E-state index contributed by atoms with van der Waals surface area (Å²) < 4.78 is 14.0. The lowest BCUT2D eigenvalue weighted by Crippen LogP contribution is -1.96. The third kappa shape index (κ3) is 5.05. The van der Waals surface area contributed by atoms with Crippen LogP contribution in [0.2, 0.25) is 0 Å². The Morgan fingerprint density at radius 1 is 0.250 bits per heavy atom. The minimum absolute atomic E-state index is 0.886. The van der Waals surface area contributed by atoms with Gasteiger partial charge < -0.3 is 18.1 Å². The Kier molecular flexibility index (Phi) is 7.36.